The lowest BCUT2D eigenvalue weighted by Crippen LogP contribution is -2.23. The summed E-state index contributed by atoms with van der Waals surface area (Å²) in [6.45, 7) is 3.44. The summed E-state index contributed by atoms with van der Waals surface area (Å²) >= 11 is 7.22. The van der Waals surface area contributed by atoms with Crippen molar-refractivity contribution in [2.24, 2.45) is 0 Å². The van der Waals surface area contributed by atoms with Crippen molar-refractivity contribution in [2.45, 2.75) is 24.3 Å². The molecule has 0 bridgehead atoms. The first kappa shape index (κ1) is 20.2. The maximum Gasteiger partial charge on any atom is 0.237 e. The number of hydrogen-bond donors (Lipinski definition) is 1. The maximum atomic E-state index is 13.7. The van der Waals surface area contributed by atoms with Gasteiger partial charge in [-0.1, -0.05) is 29.4 Å². The van der Waals surface area contributed by atoms with Gasteiger partial charge in [0.15, 0.2) is 22.6 Å². The molecule has 0 radical (unpaired) electrons. The molecule has 0 aliphatic rings. The third kappa shape index (κ3) is 4.15. The summed E-state index contributed by atoms with van der Waals surface area (Å²) in [5, 5.41) is 10.3. The molecule has 1 N–H and O–H groups in total. The number of aryl methyl sites for hydroxylation is 1. The smallest absolute Gasteiger partial charge is 0.237 e. The number of thioether (sulfide) groups is 1. The van der Waals surface area contributed by atoms with Crippen molar-refractivity contribution in [2.75, 3.05) is 5.32 Å². The minimum absolute atomic E-state index is 0.410. The van der Waals surface area contributed by atoms with Crippen LogP contribution in [0.5, 0.6) is 0 Å². The van der Waals surface area contributed by atoms with Crippen molar-refractivity contribution in [1.82, 2.24) is 14.8 Å². The van der Waals surface area contributed by atoms with Gasteiger partial charge in [0.25, 0.3) is 0 Å². The Bertz CT molecular complexity index is 1040. The van der Waals surface area contributed by atoms with Gasteiger partial charge in [-0.05, 0) is 43.7 Å². The first-order valence-electron chi connectivity index (χ1n) is 8.05. The molecule has 1 aromatic heterocycles. The highest BCUT2D eigenvalue weighted by Gasteiger charge is 2.21. The number of halogens is 4. The zero-order chi connectivity index (χ0) is 20.4. The van der Waals surface area contributed by atoms with Crippen LogP contribution in [0.25, 0.3) is 5.69 Å². The third-order valence-electron chi connectivity index (χ3n) is 3.89. The number of amides is 1. The van der Waals surface area contributed by atoms with Crippen LogP contribution in [-0.4, -0.2) is 25.9 Å². The molecule has 0 aliphatic carbocycles. The third-order valence-corrected chi connectivity index (χ3v) is 5.36. The second kappa shape index (κ2) is 8.24. The van der Waals surface area contributed by atoms with Gasteiger partial charge in [0.2, 0.25) is 5.91 Å². The number of anilines is 1. The Hall–Kier alpha value is -2.52. The number of hydrogen-bond acceptors (Lipinski definition) is 4. The van der Waals surface area contributed by atoms with Crippen LogP contribution in [0.4, 0.5) is 18.9 Å². The largest absolute Gasteiger partial charge is 0.323 e. The van der Waals surface area contributed by atoms with E-state index in [4.69, 9.17) is 11.6 Å². The van der Waals surface area contributed by atoms with Crippen LogP contribution in [0.1, 0.15) is 12.5 Å². The minimum atomic E-state index is -1.64. The second-order valence-corrected chi connectivity index (χ2v) is 7.60. The zero-order valence-electron chi connectivity index (χ0n) is 14.7. The lowest BCUT2D eigenvalue weighted by atomic mass is 10.2. The molecule has 0 spiro atoms. The van der Waals surface area contributed by atoms with Gasteiger partial charge in [-0.2, -0.15) is 0 Å². The van der Waals surface area contributed by atoms with Gasteiger partial charge in [0.1, 0.15) is 6.33 Å². The zero-order valence-corrected chi connectivity index (χ0v) is 16.3. The molecule has 1 heterocycles. The molecule has 0 unspecified atom stereocenters. The van der Waals surface area contributed by atoms with Crippen LogP contribution in [0, 0.1) is 24.4 Å². The summed E-state index contributed by atoms with van der Waals surface area (Å²) < 4.78 is 41.7. The van der Waals surface area contributed by atoms with Crippen molar-refractivity contribution in [3.63, 3.8) is 0 Å². The molecule has 0 saturated carbocycles. The minimum Gasteiger partial charge on any atom is -0.323 e. The van der Waals surface area contributed by atoms with Gasteiger partial charge in [-0.15, -0.1) is 10.2 Å². The highest BCUT2D eigenvalue weighted by Crippen LogP contribution is 2.27. The molecule has 1 amide bonds. The van der Waals surface area contributed by atoms with Crippen molar-refractivity contribution in [1.29, 1.82) is 0 Å². The predicted molar refractivity (Wildman–Crippen MR) is 101 cm³/mol. The molecule has 5 nitrogen and oxygen atoms in total. The second-order valence-electron chi connectivity index (χ2n) is 5.89. The van der Waals surface area contributed by atoms with Crippen molar-refractivity contribution in [3.05, 3.63) is 64.7 Å². The predicted octanol–water partition coefficient (Wildman–Crippen LogP) is 4.77. The molecule has 0 fully saturated rings. The molecule has 3 aromatic rings. The lowest BCUT2D eigenvalue weighted by Gasteiger charge is -2.13. The van der Waals surface area contributed by atoms with E-state index in [1.54, 1.807) is 17.6 Å². The lowest BCUT2D eigenvalue weighted by molar-refractivity contribution is -0.115. The Kier molecular flexibility index (Phi) is 5.95. The van der Waals surface area contributed by atoms with Gasteiger partial charge in [-0.25, -0.2) is 13.2 Å². The highest BCUT2D eigenvalue weighted by molar-refractivity contribution is 8.00. The number of aromatic nitrogens is 3. The van der Waals surface area contributed by atoms with Gasteiger partial charge >= 0.3 is 0 Å². The number of carbonyl (C=O) groups excluding carboxylic acids is 1. The molecule has 28 heavy (non-hydrogen) atoms. The molecule has 1 atom stereocenters. The van der Waals surface area contributed by atoms with Crippen molar-refractivity contribution in [3.8, 4) is 5.69 Å². The maximum absolute atomic E-state index is 13.7. The summed E-state index contributed by atoms with van der Waals surface area (Å²) in [6.07, 6.45) is 1.48. The van der Waals surface area contributed by atoms with Gasteiger partial charge in [0.05, 0.1) is 16.6 Å². The van der Waals surface area contributed by atoms with Gasteiger partial charge < -0.3 is 5.32 Å². The fraction of sp³-hybridized carbons (Fsp3) is 0.167. The van der Waals surface area contributed by atoms with Crippen LogP contribution < -0.4 is 5.32 Å². The number of carbonyl (C=O) groups is 1. The Morgan fingerprint density at radius 1 is 1.21 bits per heavy atom. The fourth-order valence-electron chi connectivity index (χ4n) is 2.28. The van der Waals surface area contributed by atoms with E-state index < -0.39 is 34.3 Å². The molecular formula is C18H14ClF3N4OS. The molecule has 0 saturated heterocycles. The monoisotopic (exact) mass is 426 g/mol. The standard InChI is InChI=1S/C18H14ClF3N4OS/c1-9-3-4-11(7-12(9)19)26-8-23-25-18(26)28-10(2)17(27)24-14-6-5-13(20)15(21)16(14)22/h3-8,10H,1-2H3,(H,24,27)/t10-/m0/s1. The summed E-state index contributed by atoms with van der Waals surface area (Å²) in [7, 11) is 0. The molecule has 10 heteroatoms. The van der Waals surface area contributed by atoms with E-state index >= 15 is 0 Å². The van der Waals surface area contributed by atoms with Crippen LogP contribution in [0.3, 0.4) is 0 Å². The molecule has 2 aromatic carbocycles. The average Bonchev–Trinajstić information content (AvgIpc) is 3.12. The summed E-state index contributed by atoms with van der Waals surface area (Å²) in [4.78, 5) is 12.3. The Morgan fingerprint density at radius 2 is 1.96 bits per heavy atom. The molecule has 0 aliphatic heterocycles. The van der Waals surface area contributed by atoms with E-state index in [-0.39, 0.29) is 0 Å². The first-order chi connectivity index (χ1) is 13.3. The SMILES string of the molecule is Cc1ccc(-n2cnnc2S[C@@H](C)C(=O)Nc2ccc(F)c(F)c2F)cc1Cl. The van der Waals surface area contributed by atoms with E-state index in [0.29, 0.717) is 15.9 Å². The van der Waals surface area contributed by atoms with E-state index in [0.717, 1.165) is 29.5 Å². The van der Waals surface area contributed by atoms with Gasteiger partial charge in [0, 0.05) is 5.02 Å². The van der Waals surface area contributed by atoms with Crippen LogP contribution in [-0.2, 0) is 4.79 Å². The van der Waals surface area contributed by atoms with Crippen LogP contribution in [0.15, 0.2) is 41.8 Å². The molecular weight excluding hydrogens is 413 g/mol. The summed E-state index contributed by atoms with van der Waals surface area (Å²) in [5.41, 5.74) is 1.18. The fourth-order valence-corrected chi connectivity index (χ4v) is 3.30. The Labute approximate surface area is 167 Å². The molecule has 3 rings (SSSR count). The number of rotatable bonds is 5. The van der Waals surface area contributed by atoms with Crippen LogP contribution in [0.2, 0.25) is 5.02 Å². The molecule has 146 valence electrons. The van der Waals surface area contributed by atoms with Crippen molar-refractivity contribution >= 4 is 35.0 Å². The highest BCUT2D eigenvalue weighted by atomic mass is 35.5. The number of nitrogens with zero attached hydrogens (tertiary/aromatic N) is 3. The quantitative estimate of drug-likeness (QED) is 0.472. The van der Waals surface area contributed by atoms with E-state index in [1.807, 2.05) is 19.1 Å². The normalized spacial score (nSPS) is 12.1. The Morgan fingerprint density at radius 3 is 2.68 bits per heavy atom. The number of nitrogens with one attached hydrogen (secondary N) is 1. The van der Waals surface area contributed by atoms with E-state index in [9.17, 15) is 18.0 Å². The van der Waals surface area contributed by atoms with Crippen LogP contribution >= 0.6 is 23.4 Å². The summed E-state index contributed by atoms with van der Waals surface area (Å²) in [5.74, 6) is -5.04. The number of benzene rings is 2. The topological polar surface area (TPSA) is 59.8 Å². The first-order valence-corrected chi connectivity index (χ1v) is 9.31. The summed E-state index contributed by atoms with van der Waals surface area (Å²) in [6, 6.07) is 7.11. The van der Waals surface area contributed by atoms with Crippen molar-refractivity contribution < 1.29 is 18.0 Å². The van der Waals surface area contributed by atoms with E-state index in [2.05, 4.69) is 15.5 Å². The van der Waals surface area contributed by atoms with Gasteiger partial charge in [-0.3, -0.25) is 9.36 Å². The average molecular weight is 427 g/mol. The Balaban J connectivity index is 1.76. The van der Waals surface area contributed by atoms with E-state index in [1.165, 1.54) is 6.33 Å².